The van der Waals surface area contributed by atoms with Gasteiger partial charge in [-0.05, 0) is 0 Å². The van der Waals surface area contributed by atoms with Crippen LogP contribution in [0.4, 0.5) is 0 Å². The summed E-state index contributed by atoms with van der Waals surface area (Å²) in [5, 5.41) is 37.4. The highest BCUT2D eigenvalue weighted by molar-refractivity contribution is 5.71. The molecule has 7 nitrogen and oxygen atoms in total. The second-order valence-electron chi connectivity index (χ2n) is 4.29. The number of esters is 1. The van der Waals surface area contributed by atoms with Crippen LogP contribution in [0.15, 0.2) is 0 Å². The van der Waals surface area contributed by atoms with Gasteiger partial charge in [0.05, 0.1) is 12.5 Å². The van der Waals surface area contributed by atoms with Crippen LogP contribution < -0.4 is 0 Å². The third-order valence-corrected chi connectivity index (χ3v) is 2.55. The van der Waals surface area contributed by atoms with Crippen LogP contribution in [0.3, 0.4) is 0 Å². The van der Waals surface area contributed by atoms with Gasteiger partial charge in [-0.3, -0.25) is 4.79 Å². The van der Waals surface area contributed by atoms with E-state index in [0.717, 1.165) is 0 Å². The van der Waals surface area contributed by atoms with Crippen molar-refractivity contribution >= 4 is 5.97 Å². The van der Waals surface area contributed by atoms with E-state index < -0.39 is 49.2 Å². The summed E-state index contributed by atoms with van der Waals surface area (Å²) in [7, 11) is 0. The molecule has 1 aliphatic rings. The van der Waals surface area contributed by atoms with Gasteiger partial charge in [-0.2, -0.15) is 0 Å². The standard InChI is InChI=1S/C10H18O7/c1-4(2)9(15)17-10-8(14)7(13)6(12)5(3-11)16-10/h4-8,10-14H,3H2,1-2H3/t5-,6-,7+,8-,10+/m1/s1. The Morgan fingerprint density at radius 3 is 2.29 bits per heavy atom. The van der Waals surface area contributed by atoms with Gasteiger partial charge in [-0.1, -0.05) is 13.8 Å². The van der Waals surface area contributed by atoms with Crippen LogP contribution in [0.5, 0.6) is 0 Å². The molecule has 0 saturated carbocycles. The molecular weight excluding hydrogens is 232 g/mol. The van der Waals surface area contributed by atoms with Crippen LogP contribution in [0.2, 0.25) is 0 Å². The first-order valence-corrected chi connectivity index (χ1v) is 5.39. The van der Waals surface area contributed by atoms with Crippen LogP contribution in [-0.4, -0.2) is 63.7 Å². The Labute approximate surface area is 98.6 Å². The molecule has 0 aromatic heterocycles. The zero-order chi connectivity index (χ0) is 13.2. The van der Waals surface area contributed by atoms with E-state index in [1.807, 2.05) is 0 Å². The van der Waals surface area contributed by atoms with E-state index in [9.17, 15) is 20.1 Å². The fourth-order valence-corrected chi connectivity index (χ4v) is 1.42. The average Bonchev–Trinajstić information content (AvgIpc) is 2.29. The summed E-state index contributed by atoms with van der Waals surface area (Å²) in [4.78, 5) is 11.3. The molecule has 0 aromatic carbocycles. The smallest absolute Gasteiger partial charge is 0.310 e. The maximum Gasteiger partial charge on any atom is 0.310 e. The highest BCUT2D eigenvalue weighted by Crippen LogP contribution is 2.22. The fraction of sp³-hybridized carbons (Fsp3) is 0.900. The van der Waals surface area contributed by atoms with Crippen LogP contribution in [0, 0.1) is 5.92 Å². The Kier molecular flexibility index (Phi) is 4.84. The molecule has 0 aliphatic carbocycles. The molecule has 7 heteroatoms. The SMILES string of the molecule is CC(C)C(=O)O[C@@H]1O[C@H](CO)[C@@H](O)[C@H](O)[C@H]1O. The van der Waals surface area contributed by atoms with Crippen LogP contribution in [-0.2, 0) is 14.3 Å². The Balaban J connectivity index is 2.69. The van der Waals surface area contributed by atoms with Crippen molar-refractivity contribution in [1.82, 2.24) is 0 Å². The Bertz CT molecular complexity index is 265. The molecule has 1 saturated heterocycles. The van der Waals surface area contributed by atoms with Crippen molar-refractivity contribution < 1.29 is 34.7 Å². The molecule has 1 aliphatic heterocycles. The van der Waals surface area contributed by atoms with Gasteiger partial charge in [0.2, 0.25) is 6.29 Å². The number of carbonyl (C=O) groups excluding carboxylic acids is 1. The van der Waals surface area contributed by atoms with Crippen LogP contribution in [0.25, 0.3) is 0 Å². The molecule has 0 spiro atoms. The Morgan fingerprint density at radius 2 is 1.82 bits per heavy atom. The van der Waals surface area contributed by atoms with E-state index in [2.05, 4.69) is 0 Å². The number of hydrogen-bond donors (Lipinski definition) is 4. The van der Waals surface area contributed by atoms with Gasteiger partial charge in [-0.25, -0.2) is 0 Å². The van der Waals surface area contributed by atoms with Gasteiger partial charge in [-0.15, -0.1) is 0 Å². The fourth-order valence-electron chi connectivity index (χ4n) is 1.42. The number of aliphatic hydroxyl groups excluding tert-OH is 4. The van der Waals surface area contributed by atoms with E-state index in [1.165, 1.54) is 0 Å². The van der Waals surface area contributed by atoms with Crippen molar-refractivity contribution in [2.45, 2.75) is 44.6 Å². The molecule has 0 aromatic rings. The highest BCUT2D eigenvalue weighted by Gasteiger charge is 2.45. The number of hydrogen-bond acceptors (Lipinski definition) is 7. The van der Waals surface area contributed by atoms with E-state index in [-0.39, 0.29) is 0 Å². The molecule has 4 N–H and O–H groups in total. The second-order valence-corrected chi connectivity index (χ2v) is 4.29. The second kappa shape index (κ2) is 5.74. The summed E-state index contributed by atoms with van der Waals surface area (Å²) in [6.07, 6.45) is -7.00. The van der Waals surface area contributed by atoms with Crippen molar-refractivity contribution in [1.29, 1.82) is 0 Å². The summed E-state index contributed by atoms with van der Waals surface area (Å²) in [5.74, 6) is -1.02. The first kappa shape index (κ1) is 14.3. The van der Waals surface area contributed by atoms with E-state index in [1.54, 1.807) is 13.8 Å². The molecular formula is C10H18O7. The lowest BCUT2D eigenvalue weighted by Crippen LogP contribution is -2.59. The molecule has 1 heterocycles. The van der Waals surface area contributed by atoms with Gasteiger partial charge in [0, 0.05) is 0 Å². The Hall–Kier alpha value is -0.730. The van der Waals surface area contributed by atoms with Gasteiger partial charge >= 0.3 is 5.97 Å². The first-order valence-electron chi connectivity index (χ1n) is 5.39. The quantitative estimate of drug-likeness (QED) is 0.427. The normalized spacial score (nSPS) is 38.2. The van der Waals surface area contributed by atoms with E-state index in [0.29, 0.717) is 0 Å². The minimum atomic E-state index is -1.55. The molecule has 0 unspecified atom stereocenters. The predicted molar refractivity (Wildman–Crippen MR) is 54.7 cm³/mol. The molecule has 17 heavy (non-hydrogen) atoms. The molecule has 5 atom stereocenters. The maximum atomic E-state index is 11.3. The predicted octanol–water partition coefficient (Wildman–Crippen LogP) is -2.01. The number of carbonyl (C=O) groups is 1. The molecule has 1 rings (SSSR count). The summed E-state index contributed by atoms with van der Waals surface area (Å²) in [6.45, 7) is 2.65. The summed E-state index contributed by atoms with van der Waals surface area (Å²) < 4.78 is 9.82. The third kappa shape index (κ3) is 3.14. The van der Waals surface area contributed by atoms with E-state index >= 15 is 0 Å². The minimum Gasteiger partial charge on any atom is -0.433 e. The monoisotopic (exact) mass is 250 g/mol. The van der Waals surface area contributed by atoms with Crippen molar-refractivity contribution in [3.8, 4) is 0 Å². The lowest BCUT2D eigenvalue weighted by molar-refractivity contribution is -0.293. The van der Waals surface area contributed by atoms with Gasteiger partial charge in [0.25, 0.3) is 0 Å². The molecule has 0 bridgehead atoms. The van der Waals surface area contributed by atoms with Crippen molar-refractivity contribution in [2.75, 3.05) is 6.61 Å². The summed E-state index contributed by atoms with van der Waals surface area (Å²) >= 11 is 0. The zero-order valence-electron chi connectivity index (χ0n) is 9.68. The van der Waals surface area contributed by atoms with Gasteiger partial charge < -0.3 is 29.9 Å². The maximum absolute atomic E-state index is 11.3. The average molecular weight is 250 g/mol. The van der Waals surface area contributed by atoms with Crippen molar-refractivity contribution in [2.24, 2.45) is 5.92 Å². The lowest BCUT2D eigenvalue weighted by Gasteiger charge is -2.39. The van der Waals surface area contributed by atoms with E-state index in [4.69, 9.17) is 14.6 Å². The zero-order valence-corrected chi connectivity index (χ0v) is 9.68. The van der Waals surface area contributed by atoms with Gasteiger partial charge in [0.15, 0.2) is 0 Å². The topological polar surface area (TPSA) is 116 Å². The summed E-state index contributed by atoms with van der Waals surface area (Å²) in [5.41, 5.74) is 0. The van der Waals surface area contributed by atoms with Crippen LogP contribution in [0.1, 0.15) is 13.8 Å². The number of ether oxygens (including phenoxy) is 2. The van der Waals surface area contributed by atoms with Crippen molar-refractivity contribution in [3.05, 3.63) is 0 Å². The van der Waals surface area contributed by atoms with Crippen molar-refractivity contribution in [3.63, 3.8) is 0 Å². The number of aliphatic hydroxyl groups is 4. The largest absolute Gasteiger partial charge is 0.433 e. The third-order valence-electron chi connectivity index (χ3n) is 2.55. The lowest BCUT2D eigenvalue weighted by atomic mass is 9.99. The highest BCUT2D eigenvalue weighted by atomic mass is 16.7. The molecule has 0 radical (unpaired) electrons. The minimum absolute atomic E-state index is 0.414. The summed E-state index contributed by atoms with van der Waals surface area (Å²) in [6, 6.07) is 0. The molecule has 0 amide bonds. The molecule has 100 valence electrons. The molecule has 1 fully saturated rings. The Morgan fingerprint density at radius 1 is 1.24 bits per heavy atom. The van der Waals surface area contributed by atoms with Crippen LogP contribution >= 0.6 is 0 Å². The van der Waals surface area contributed by atoms with Gasteiger partial charge in [0.1, 0.15) is 24.4 Å². The number of rotatable bonds is 3. The first-order chi connectivity index (χ1) is 7.88.